The number of hydrogen-bond donors (Lipinski definition) is 2. The second-order valence-electron chi connectivity index (χ2n) is 5.20. The van der Waals surface area contributed by atoms with Crippen molar-refractivity contribution in [3.63, 3.8) is 0 Å². The van der Waals surface area contributed by atoms with Crippen molar-refractivity contribution >= 4 is 65.0 Å². The molecule has 0 atom stereocenters. The van der Waals surface area contributed by atoms with E-state index in [1.54, 1.807) is 0 Å². The van der Waals surface area contributed by atoms with Gasteiger partial charge in [-0.25, -0.2) is 0 Å². The van der Waals surface area contributed by atoms with Crippen LogP contribution >= 0.6 is 41.2 Å². The third kappa shape index (κ3) is 6.60. The molecule has 2 aromatic heterocycles. The van der Waals surface area contributed by atoms with E-state index in [0.29, 0.717) is 22.2 Å². The Morgan fingerprint density at radius 1 is 0.607 bits per heavy atom. The topological polar surface area (TPSA) is 136 Å². The Morgan fingerprint density at radius 2 is 0.964 bits per heavy atom. The van der Waals surface area contributed by atoms with Gasteiger partial charge in [0.1, 0.15) is 0 Å². The highest BCUT2D eigenvalue weighted by atomic mass is 33.7. The predicted molar refractivity (Wildman–Crippen MR) is 122 cm³/mol. The monoisotopic (exact) mass is 460 g/mol. The van der Waals surface area contributed by atoms with E-state index in [1.165, 1.54) is 41.2 Å². The first kappa shape index (κ1) is 22.9. The normalized spacial score (nSPS) is 10.9. The van der Waals surface area contributed by atoms with Gasteiger partial charge in [0, 0.05) is 26.2 Å². The maximum Gasteiger partial charge on any atom is 0.231 e. The third-order valence-electron chi connectivity index (χ3n) is 3.58. The Morgan fingerprint density at radius 3 is 1.29 bits per heavy atom. The molecular weight excluding hydrogens is 436 g/mol. The lowest BCUT2D eigenvalue weighted by Crippen LogP contribution is -2.25. The van der Waals surface area contributed by atoms with Crippen LogP contribution in [0, 0.1) is 0 Å². The van der Waals surface area contributed by atoms with E-state index in [0.717, 1.165) is 26.2 Å². The summed E-state index contributed by atoms with van der Waals surface area (Å²) < 4.78 is 0. The number of anilines is 4. The van der Waals surface area contributed by atoms with E-state index in [-0.39, 0.29) is 11.9 Å². The van der Waals surface area contributed by atoms with Crippen LogP contribution in [-0.4, -0.2) is 56.1 Å². The molecule has 4 N–H and O–H groups in total. The molecule has 0 saturated heterocycles. The second kappa shape index (κ2) is 11.6. The summed E-state index contributed by atoms with van der Waals surface area (Å²) in [5, 5.41) is 1.12. The highest BCUT2D eigenvalue weighted by Gasteiger charge is 2.13. The van der Waals surface area contributed by atoms with Crippen LogP contribution in [0.4, 0.5) is 23.8 Å². The predicted octanol–water partition coefficient (Wildman–Crippen LogP) is 3.01. The zero-order chi connectivity index (χ0) is 20.5. The number of aromatic nitrogens is 6. The van der Waals surface area contributed by atoms with E-state index in [9.17, 15) is 0 Å². The molecule has 0 aliphatic rings. The maximum absolute atomic E-state index is 5.82. The van der Waals surface area contributed by atoms with Gasteiger partial charge >= 0.3 is 0 Å². The number of hydrogen-bond acceptors (Lipinski definition) is 14. The molecule has 0 bridgehead atoms. The number of nitrogens with zero attached hydrogens (tertiary/aromatic N) is 8. The molecule has 10 nitrogen and oxygen atoms in total. The molecule has 2 aromatic rings. The molecule has 154 valence electrons. The largest absolute Gasteiger partial charge is 0.368 e. The Hall–Kier alpha value is -1.38. The van der Waals surface area contributed by atoms with Crippen molar-refractivity contribution in [1.29, 1.82) is 0 Å². The molecule has 0 saturated carbocycles. The minimum Gasteiger partial charge on any atom is -0.368 e. The molecule has 0 aromatic carbocycles. The molecule has 0 aliphatic carbocycles. The molecule has 0 radical (unpaired) electrons. The van der Waals surface area contributed by atoms with Crippen LogP contribution in [0.1, 0.15) is 27.7 Å². The van der Waals surface area contributed by atoms with Crippen molar-refractivity contribution < 1.29 is 0 Å². The summed E-state index contributed by atoms with van der Waals surface area (Å²) in [5.74, 6) is 1.61. The maximum atomic E-state index is 5.82. The minimum absolute atomic E-state index is 0.215. The van der Waals surface area contributed by atoms with Gasteiger partial charge in [-0.2, -0.15) is 29.9 Å². The molecule has 0 aliphatic heterocycles. The molecule has 0 unspecified atom stereocenters. The first-order chi connectivity index (χ1) is 13.5. The number of rotatable bonds is 11. The average Bonchev–Trinajstić information content (AvgIpc) is 2.66. The summed E-state index contributed by atoms with van der Waals surface area (Å²) in [4.78, 5) is 29.8. The highest BCUT2D eigenvalue weighted by molar-refractivity contribution is 9.26. The van der Waals surface area contributed by atoms with Crippen LogP contribution in [0.5, 0.6) is 0 Å². The molecule has 0 fully saturated rings. The second-order valence-corrected chi connectivity index (χ2v) is 10.8. The molecule has 0 amide bonds. The van der Waals surface area contributed by atoms with Gasteiger partial charge < -0.3 is 21.3 Å². The van der Waals surface area contributed by atoms with Crippen molar-refractivity contribution in [2.24, 2.45) is 0 Å². The standard InChI is InChI=1S/C14H24N10S4/c1-5-23(6-2)11-17-9(15)19-13(21-11)25-27-28-26-14-20-10(16)18-12(22-14)24(7-3)8-4/h5-8H2,1-4H3,(H2,15,17,19,21)(H2,16,18,20,22). The average molecular weight is 461 g/mol. The third-order valence-corrected chi connectivity index (χ3v) is 9.13. The lowest BCUT2D eigenvalue weighted by molar-refractivity contribution is 0.787. The quantitative estimate of drug-likeness (QED) is 0.375. The van der Waals surface area contributed by atoms with Crippen molar-refractivity contribution in [1.82, 2.24) is 29.9 Å². The number of nitrogens with two attached hydrogens (primary N) is 2. The summed E-state index contributed by atoms with van der Waals surface area (Å²) in [7, 11) is 5.80. The molecule has 14 heteroatoms. The summed E-state index contributed by atoms with van der Waals surface area (Å²) in [6, 6.07) is 0. The number of nitrogen functional groups attached to an aromatic ring is 2. The SMILES string of the molecule is CCN(CC)c1nc(N)nc(SSSSc2nc(N)nc(N(CC)CC)n2)n1. The molecule has 2 heterocycles. The van der Waals surface area contributed by atoms with Crippen LogP contribution in [0.2, 0.25) is 0 Å². The highest BCUT2D eigenvalue weighted by Crippen LogP contribution is 2.47. The molecule has 28 heavy (non-hydrogen) atoms. The fraction of sp³-hybridized carbons (Fsp3) is 0.571. The van der Waals surface area contributed by atoms with E-state index in [1.807, 2.05) is 37.5 Å². The summed E-state index contributed by atoms with van der Waals surface area (Å²) >= 11 is 0. The van der Waals surface area contributed by atoms with Gasteiger partial charge in [0.25, 0.3) is 0 Å². The molecule has 2 rings (SSSR count). The van der Waals surface area contributed by atoms with Crippen molar-refractivity contribution in [2.75, 3.05) is 47.4 Å². The fourth-order valence-corrected chi connectivity index (χ4v) is 6.93. The van der Waals surface area contributed by atoms with Crippen LogP contribution in [0.3, 0.4) is 0 Å². The smallest absolute Gasteiger partial charge is 0.231 e. The van der Waals surface area contributed by atoms with E-state index in [2.05, 4.69) is 29.9 Å². The van der Waals surface area contributed by atoms with E-state index in [4.69, 9.17) is 11.5 Å². The first-order valence-corrected chi connectivity index (χ1v) is 13.5. The van der Waals surface area contributed by atoms with Gasteiger partial charge in [0.15, 0.2) is 0 Å². The van der Waals surface area contributed by atoms with Crippen molar-refractivity contribution in [3.8, 4) is 0 Å². The van der Waals surface area contributed by atoms with Gasteiger partial charge in [-0.3, -0.25) is 0 Å². The van der Waals surface area contributed by atoms with Gasteiger partial charge in [-0.15, -0.1) is 0 Å². The summed E-state index contributed by atoms with van der Waals surface area (Å²) in [6.07, 6.45) is 0. The Bertz CT molecular complexity index is 693. The van der Waals surface area contributed by atoms with Crippen LogP contribution in [-0.2, 0) is 0 Å². The van der Waals surface area contributed by atoms with Crippen molar-refractivity contribution in [2.45, 2.75) is 38.0 Å². The zero-order valence-electron chi connectivity index (χ0n) is 16.2. The Balaban J connectivity index is 1.96. The molecule has 0 spiro atoms. The van der Waals surface area contributed by atoms with Crippen molar-refractivity contribution in [3.05, 3.63) is 0 Å². The lowest BCUT2D eigenvalue weighted by Gasteiger charge is -2.18. The van der Waals surface area contributed by atoms with E-state index < -0.39 is 0 Å². The van der Waals surface area contributed by atoms with E-state index >= 15 is 0 Å². The fourth-order valence-electron chi connectivity index (χ4n) is 2.18. The van der Waals surface area contributed by atoms with Gasteiger partial charge in [0.2, 0.25) is 34.1 Å². The lowest BCUT2D eigenvalue weighted by atomic mass is 10.5. The first-order valence-electron chi connectivity index (χ1n) is 8.71. The summed E-state index contributed by atoms with van der Waals surface area (Å²) in [5.41, 5.74) is 11.6. The van der Waals surface area contributed by atoms with Crippen LogP contribution in [0.15, 0.2) is 10.3 Å². The molecular formula is C14H24N10S4. The van der Waals surface area contributed by atoms with Gasteiger partial charge in [0.05, 0.1) is 0 Å². The Labute approximate surface area is 180 Å². The Kier molecular flexibility index (Phi) is 9.47. The van der Waals surface area contributed by atoms with Gasteiger partial charge in [-0.05, 0) is 68.9 Å². The van der Waals surface area contributed by atoms with Crippen LogP contribution < -0.4 is 21.3 Å². The zero-order valence-corrected chi connectivity index (χ0v) is 19.5. The van der Waals surface area contributed by atoms with Gasteiger partial charge in [-0.1, -0.05) is 0 Å². The summed E-state index contributed by atoms with van der Waals surface area (Å²) in [6.45, 7) is 11.4. The van der Waals surface area contributed by atoms with Crippen LogP contribution in [0.25, 0.3) is 0 Å². The minimum atomic E-state index is 0.215.